The molecule has 1 fully saturated rings. The Bertz CT molecular complexity index is 133. The van der Waals surface area contributed by atoms with E-state index < -0.39 is 0 Å². The zero-order valence-corrected chi connectivity index (χ0v) is 8.88. The monoisotopic (exact) mass is 187 g/mol. The number of methoxy groups -OCH3 is 2. The number of hydrogen-bond acceptors (Lipinski definition) is 3. The van der Waals surface area contributed by atoms with Crippen molar-refractivity contribution in [3.05, 3.63) is 0 Å². The molecule has 0 heterocycles. The van der Waals surface area contributed by atoms with Crippen LogP contribution >= 0.6 is 0 Å². The first-order valence-electron chi connectivity index (χ1n) is 5.07. The molecule has 1 atom stereocenters. The molecule has 0 aromatic carbocycles. The van der Waals surface area contributed by atoms with Gasteiger partial charge in [-0.2, -0.15) is 0 Å². The largest absolute Gasteiger partial charge is 0.354 e. The average Bonchev–Trinajstić information content (AvgIpc) is 2.04. The van der Waals surface area contributed by atoms with Crippen molar-refractivity contribution in [3.63, 3.8) is 0 Å². The zero-order chi connectivity index (χ0) is 9.68. The summed E-state index contributed by atoms with van der Waals surface area (Å²) in [5.41, 5.74) is 0. The standard InChI is InChI=1S/C10H21NO2/c1-8(10(12-2)13-3)11-7-9-5-4-6-9/h8-11H,4-7H2,1-3H3. The van der Waals surface area contributed by atoms with E-state index in [2.05, 4.69) is 12.2 Å². The van der Waals surface area contributed by atoms with E-state index >= 15 is 0 Å². The first-order chi connectivity index (χ1) is 6.27. The third-order valence-corrected chi connectivity index (χ3v) is 2.83. The third-order valence-electron chi connectivity index (χ3n) is 2.83. The Morgan fingerprint density at radius 2 is 1.92 bits per heavy atom. The maximum absolute atomic E-state index is 5.16. The van der Waals surface area contributed by atoms with Crippen molar-refractivity contribution in [3.8, 4) is 0 Å². The average molecular weight is 187 g/mol. The van der Waals surface area contributed by atoms with Crippen LogP contribution in [0, 0.1) is 5.92 Å². The summed E-state index contributed by atoms with van der Waals surface area (Å²) < 4.78 is 10.3. The lowest BCUT2D eigenvalue weighted by Crippen LogP contribution is -2.42. The molecule has 3 heteroatoms. The first-order valence-corrected chi connectivity index (χ1v) is 5.07. The summed E-state index contributed by atoms with van der Waals surface area (Å²) in [6, 6.07) is 0.274. The van der Waals surface area contributed by atoms with Gasteiger partial charge in [0, 0.05) is 14.2 Å². The van der Waals surface area contributed by atoms with Gasteiger partial charge < -0.3 is 14.8 Å². The van der Waals surface area contributed by atoms with E-state index in [0.29, 0.717) is 0 Å². The SMILES string of the molecule is COC(OC)C(C)NCC1CCC1. The fourth-order valence-electron chi connectivity index (χ4n) is 1.65. The molecule has 3 nitrogen and oxygen atoms in total. The van der Waals surface area contributed by atoms with Gasteiger partial charge in [0.25, 0.3) is 0 Å². The Kier molecular flexibility index (Phi) is 4.70. The summed E-state index contributed by atoms with van der Waals surface area (Å²) in [5, 5.41) is 3.44. The lowest BCUT2D eigenvalue weighted by Gasteiger charge is -2.29. The molecule has 0 aliphatic heterocycles. The highest BCUT2D eigenvalue weighted by Gasteiger charge is 2.20. The predicted molar refractivity (Wildman–Crippen MR) is 52.6 cm³/mol. The van der Waals surface area contributed by atoms with Crippen LogP contribution in [0.25, 0.3) is 0 Å². The van der Waals surface area contributed by atoms with Gasteiger partial charge in [-0.15, -0.1) is 0 Å². The second-order valence-electron chi connectivity index (χ2n) is 3.83. The molecule has 13 heavy (non-hydrogen) atoms. The molecule has 0 bridgehead atoms. The summed E-state index contributed by atoms with van der Waals surface area (Å²) in [6.45, 7) is 3.20. The molecule has 1 aliphatic rings. The second-order valence-corrected chi connectivity index (χ2v) is 3.83. The normalized spacial score (nSPS) is 20.3. The Balaban J connectivity index is 2.10. The summed E-state index contributed by atoms with van der Waals surface area (Å²) in [4.78, 5) is 0. The summed E-state index contributed by atoms with van der Waals surface area (Å²) in [6.07, 6.45) is 4.04. The molecule has 1 N–H and O–H groups in total. The summed E-state index contributed by atoms with van der Waals surface area (Å²) in [7, 11) is 3.35. The number of nitrogens with one attached hydrogen (secondary N) is 1. The van der Waals surface area contributed by atoms with Gasteiger partial charge in [0.05, 0.1) is 6.04 Å². The van der Waals surface area contributed by atoms with Gasteiger partial charge in [0.1, 0.15) is 0 Å². The maximum Gasteiger partial charge on any atom is 0.171 e. The fourth-order valence-corrected chi connectivity index (χ4v) is 1.65. The van der Waals surface area contributed by atoms with Gasteiger partial charge in [-0.1, -0.05) is 6.42 Å². The van der Waals surface area contributed by atoms with Crippen LogP contribution in [0.4, 0.5) is 0 Å². The molecule has 0 saturated heterocycles. The van der Waals surface area contributed by atoms with Crippen LogP contribution in [0.2, 0.25) is 0 Å². The van der Waals surface area contributed by atoms with Crippen molar-refractivity contribution in [2.24, 2.45) is 5.92 Å². The lowest BCUT2D eigenvalue weighted by molar-refractivity contribution is -0.120. The van der Waals surface area contributed by atoms with E-state index in [-0.39, 0.29) is 12.3 Å². The smallest absolute Gasteiger partial charge is 0.171 e. The predicted octanol–water partition coefficient (Wildman–Crippen LogP) is 1.38. The second kappa shape index (κ2) is 5.58. The van der Waals surface area contributed by atoms with Crippen LogP contribution in [0.3, 0.4) is 0 Å². The van der Waals surface area contributed by atoms with Crippen molar-refractivity contribution in [1.82, 2.24) is 5.32 Å². The van der Waals surface area contributed by atoms with Crippen LogP contribution in [-0.2, 0) is 9.47 Å². The van der Waals surface area contributed by atoms with Crippen LogP contribution in [-0.4, -0.2) is 33.1 Å². The molecular weight excluding hydrogens is 166 g/mol. The van der Waals surface area contributed by atoms with Crippen molar-refractivity contribution >= 4 is 0 Å². The van der Waals surface area contributed by atoms with Crippen molar-refractivity contribution in [2.75, 3.05) is 20.8 Å². The molecular formula is C10H21NO2. The fraction of sp³-hybridized carbons (Fsp3) is 1.00. The quantitative estimate of drug-likeness (QED) is 0.637. The molecule has 0 spiro atoms. The minimum Gasteiger partial charge on any atom is -0.354 e. The molecule has 1 aliphatic carbocycles. The van der Waals surface area contributed by atoms with Crippen LogP contribution in [0.5, 0.6) is 0 Å². The van der Waals surface area contributed by atoms with Crippen molar-refractivity contribution in [2.45, 2.75) is 38.5 Å². The molecule has 1 unspecified atom stereocenters. The minimum atomic E-state index is -0.125. The highest BCUT2D eigenvalue weighted by atomic mass is 16.7. The number of ether oxygens (including phenoxy) is 2. The lowest BCUT2D eigenvalue weighted by atomic mass is 9.85. The van der Waals surface area contributed by atoms with Crippen LogP contribution < -0.4 is 5.32 Å². The highest BCUT2D eigenvalue weighted by Crippen LogP contribution is 2.25. The van der Waals surface area contributed by atoms with Crippen molar-refractivity contribution < 1.29 is 9.47 Å². The van der Waals surface area contributed by atoms with Gasteiger partial charge in [0.15, 0.2) is 6.29 Å². The molecule has 0 radical (unpaired) electrons. The number of hydrogen-bond donors (Lipinski definition) is 1. The Labute approximate surface area is 80.8 Å². The van der Waals surface area contributed by atoms with E-state index in [0.717, 1.165) is 12.5 Å². The van der Waals surface area contributed by atoms with E-state index in [1.807, 2.05) is 0 Å². The topological polar surface area (TPSA) is 30.5 Å². The minimum absolute atomic E-state index is 0.125. The van der Waals surface area contributed by atoms with Crippen LogP contribution in [0.1, 0.15) is 26.2 Å². The van der Waals surface area contributed by atoms with E-state index in [1.165, 1.54) is 19.3 Å². The molecule has 1 saturated carbocycles. The number of rotatable bonds is 6. The van der Waals surface area contributed by atoms with Gasteiger partial charge in [-0.3, -0.25) is 0 Å². The van der Waals surface area contributed by atoms with E-state index in [1.54, 1.807) is 14.2 Å². The zero-order valence-electron chi connectivity index (χ0n) is 8.88. The van der Waals surface area contributed by atoms with Gasteiger partial charge in [0.2, 0.25) is 0 Å². The molecule has 0 aromatic heterocycles. The molecule has 0 aromatic rings. The molecule has 0 amide bonds. The molecule has 1 rings (SSSR count). The summed E-state index contributed by atoms with van der Waals surface area (Å²) in [5.74, 6) is 0.886. The van der Waals surface area contributed by atoms with E-state index in [4.69, 9.17) is 9.47 Å². The van der Waals surface area contributed by atoms with Gasteiger partial charge in [-0.05, 0) is 32.2 Å². The Morgan fingerprint density at radius 3 is 2.31 bits per heavy atom. The summed E-state index contributed by atoms with van der Waals surface area (Å²) >= 11 is 0. The van der Waals surface area contributed by atoms with Crippen LogP contribution in [0.15, 0.2) is 0 Å². The van der Waals surface area contributed by atoms with Gasteiger partial charge in [-0.25, -0.2) is 0 Å². The van der Waals surface area contributed by atoms with Crippen molar-refractivity contribution in [1.29, 1.82) is 0 Å². The first kappa shape index (κ1) is 11.0. The Morgan fingerprint density at radius 1 is 1.31 bits per heavy atom. The third kappa shape index (κ3) is 3.25. The molecule has 78 valence electrons. The highest BCUT2D eigenvalue weighted by molar-refractivity contribution is 4.74. The Hall–Kier alpha value is -0.120. The maximum atomic E-state index is 5.16. The van der Waals surface area contributed by atoms with Gasteiger partial charge >= 0.3 is 0 Å². The van der Waals surface area contributed by atoms with E-state index in [9.17, 15) is 0 Å².